The first kappa shape index (κ1) is 27.5. The lowest BCUT2D eigenvalue weighted by Gasteiger charge is -2.15. The number of hydrogen-bond donors (Lipinski definition) is 2. The van der Waals surface area contributed by atoms with E-state index in [-0.39, 0.29) is 5.92 Å². The monoisotopic (exact) mass is 589 g/mol. The number of rotatable bonds is 6. The average Bonchev–Trinajstić information content (AvgIpc) is 3.75. The summed E-state index contributed by atoms with van der Waals surface area (Å²) in [4.78, 5) is 24.7. The van der Waals surface area contributed by atoms with E-state index in [1.807, 2.05) is 24.3 Å². The molecule has 1 fully saturated rings. The summed E-state index contributed by atoms with van der Waals surface area (Å²) < 4.78 is 6.25. The molecule has 1 saturated heterocycles. The highest BCUT2D eigenvalue weighted by Crippen LogP contribution is 2.39. The van der Waals surface area contributed by atoms with Gasteiger partial charge in [0.1, 0.15) is 16.6 Å². The van der Waals surface area contributed by atoms with Crippen LogP contribution in [0.4, 0.5) is 0 Å². The molecule has 0 aliphatic carbocycles. The molecule has 0 spiro atoms. The Hall–Kier alpha value is -4.36. The zero-order valence-electron chi connectivity index (χ0n) is 24.1. The summed E-state index contributed by atoms with van der Waals surface area (Å²) >= 11 is 1.77. The van der Waals surface area contributed by atoms with Crippen LogP contribution in [0.25, 0.3) is 44.3 Å². The molecule has 1 atom stereocenters. The first-order valence-corrected chi connectivity index (χ1v) is 15.4. The summed E-state index contributed by atoms with van der Waals surface area (Å²) in [6, 6.07) is 18.6. The van der Waals surface area contributed by atoms with Gasteiger partial charge in [0, 0.05) is 48.6 Å². The summed E-state index contributed by atoms with van der Waals surface area (Å²) in [7, 11) is 0. The van der Waals surface area contributed by atoms with Crippen LogP contribution in [-0.4, -0.2) is 45.6 Å². The van der Waals surface area contributed by atoms with E-state index in [2.05, 4.69) is 54.4 Å². The zero-order valence-corrected chi connectivity index (χ0v) is 24.9. The van der Waals surface area contributed by atoms with E-state index in [4.69, 9.17) is 14.4 Å². The van der Waals surface area contributed by atoms with Gasteiger partial charge in [0.2, 0.25) is 5.89 Å². The SMILES string of the molecule is Cc1c(-c2nc3cc(CN4CC[C@@H](C(=O)O)C4)cc(C#N)c3o2)cccc1-c1cccc(-c2nc3c(s2)CNCC3)c1C. The quantitative estimate of drug-likeness (QED) is 0.236. The Kier molecular flexibility index (Phi) is 7.06. The predicted molar refractivity (Wildman–Crippen MR) is 167 cm³/mol. The molecule has 43 heavy (non-hydrogen) atoms. The molecule has 8 nitrogen and oxygen atoms in total. The molecule has 0 amide bonds. The van der Waals surface area contributed by atoms with Crippen molar-refractivity contribution in [1.29, 1.82) is 5.26 Å². The van der Waals surface area contributed by atoms with Gasteiger partial charge in [0.15, 0.2) is 5.58 Å². The number of carboxylic acids is 1. The average molecular weight is 590 g/mol. The molecule has 3 aromatic carbocycles. The van der Waals surface area contributed by atoms with Crippen LogP contribution in [0.15, 0.2) is 52.9 Å². The molecule has 2 aromatic heterocycles. The van der Waals surface area contributed by atoms with Crippen molar-refractivity contribution in [3.8, 4) is 39.2 Å². The van der Waals surface area contributed by atoms with Crippen molar-refractivity contribution in [2.24, 2.45) is 5.92 Å². The maximum absolute atomic E-state index is 11.4. The minimum Gasteiger partial charge on any atom is -0.481 e. The zero-order chi connectivity index (χ0) is 29.7. The molecule has 0 unspecified atom stereocenters. The highest BCUT2D eigenvalue weighted by Gasteiger charge is 2.28. The van der Waals surface area contributed by atoms with Crippen molar-refractivity contribution < 1.29 is 14.3 Å². The van der Waals surface area contributed by atoms with Gasteiger partial charge >= 0.3 is 5.97 Å². The van der Waals surface area contributed by atoms with E-state index in [0.29, 0.717) is 42.1 Å². The van der Waals surface area contributed by atoms with Gasteiger partial charge in [-0.05, 0) is 72.8 Å². The third-order valence-corrected chi connectivity index (χ3v) is 9.85. The molecular formula is C34H31N5O3S. The third kappa shape index (κ3) is 5.01. The Morgan fingerprint density at radius 1 is 1.12 bits per heavy atom. The van der Waals surface area contributed by atoms with Crippen molar-refractivity contribution in [2.45, 2.75) is 39.8 Å². The number of likely N-dealkylation sites (tertiary alicyclic amines) is 1. The summed E-state index contributed by atoms with van der Waals surface area (Å²) in [5, 5.41) is 23.8. The number of nitriles is 1. The van der Waals surface area contributed by atoms with Gasteiger partial charge < -0.3 is 14.8 Å². The fourth-order valence-electron chi connectivity index (χ4n) is 6.38. The Balaban J connectivity index is 1.23. The minimum atomic E-state index is -0.754. The Morgan fingerprint density at radius 2 is 1.86 bits per heavy atom. The summed E-state index contributed by atoms with van der Waals surface area (Å²) in [5.41, 5.74) is 10.2. The highest BCUT2D eigenvalue weighted by atomic mass is 32.1. The lowest BCUT2D eigenvalue weighted by molar-refractivity contribution is -0.141. The molecule has 2 N–H and O–H groups in total. The van der Waals surface area contributed by atoms with E-state index >= 15 is 0 Å². The molecule has 4 heterocycles. The van der Waals surface area contributed by atoms with E-state index in [9.17, 15) is 15.2 Å². The molecular weight excluding hydrogens is 558 g/mol. The van der Waals surface area contributed by atoms with Crippen LogP contribution in [0.5, 0.6) is 0 Å². The number of carboxylic acid groups (broad SMARTS) is 1. The van der Waals surface area contributed by atoms with Gasteiger partial charge in [-0.25, -0.2) is 9.97 Å². The molecule has 0 saturated carbocycles. The van der Waals surface area contributed by atoms with Gasteiger partial charge in [-0.15, -0.1) is 11.3 Å². The van der Waals surface area contributed by atoms with E-state index in [0.717, 1.165) is 64.4 Å². The van der Waals surface area contributed by atoms with Crippen molar-refractivity contribution >= 4 is 28.4 Å². The number of nitrogens with one attached hydrogen (secondary N) is 1. The Morgan fingerprint density at radius 3 is 2.58 bits per heavy atom. The molecule has 7 rings (SSSR count). The van der Waals surface area contributed by atoms with Crippen LogP contribution in [0.2, 0.25) is 0 Å². The first-order valence-electron chi connectivity index (χ1n) is 14.6. The van der Waals surface area contributed by atoms with Crippen molar-refractivity contribution in [1.82, 2.24) is 20.2 Å². The summed E-state index contributed by atoms with van der Waals surface area (Å²) in [6.07, 6.45) is 1.60. The lowest BCUT2D eigenvalue weighted by atomic mass is 9.91. The topological polar surface area (TPSA) is 115 Å². The number of oxazole rings is 1. The summed E-state index contributed by atoms with van der Waals surface area (Å²) in [6.45, 7) is 7.90. The fourth-order valence-corrected chi connectivity index (χ4v) is 7.54. The van der Waals surface area contributed by atoms with Crippen LogP contribution in [0, 0.1) is 31.1 Å². The van der Waals surface area contributed by atoms with Crippen molar-refractivity contribution in [2.75, 3.05) is 19.6 Å². The van der Waals surface area contributed by atoms with Crippen LogP contribution < -0.4 is 5.32 Å². The molecule has 5 aromatic rings. The highest BCUT2D eigenvalue weighted by molar-refractivity contribution is 7.15. The number of benzene rings is 3. The fraction of sp³-hybridized carbons (Fsp3) is 0.294. The normalized spacial score (nSPS) is 16.8. The van der Waals surface area contributed by atoms with Gasteiger partial charge in [-0.3, -0.25) is 9.69 Å². The number of carbonyl (C=O) groups is 1. The molecule has 0 radical (unpaired) electrons. The number of aliphatic carboxylic acids is 1. The van der Waals surface area contributed by atoms with Gasteiger partial charge in [-0.1, -0.05) is 30.3 Å². The van der Waals surface area contributed by atoms with E-state index in [1.165, 1.54) is 16.1 Å². The predicted octanol–water partition coefficient (Wildman–Crippen LogP) is 6.33. The maximum atomic E-state index is 11.4. The summed E-state index contributed by atoms with van der Waals surface area (Å²) in [5.74, 6) is -0.624. The van der Waals surface area contributed by atoms with Gasteiger partial charge in [-0.2, -0.15) is 5.26 Å². The molecule has 2 aliphatic heterocycles. The molecule has 9 heteroatoms. The Labute approximate surface area is 253 Å². The number of thiazole rings is 1. The largest absolute Gasteiger partial charge is 0.481 e. The third-order valence-electron chi connectivity index (χ3n) is 8.72. The van der Waals surface area contributed by atoms with Crippen LogP contribution >= 0.6 is 11.3 Å². The smallest absolute Gasteiger partial charge is 0.307 e. The van der Waals surface area contributed by atoms with Crippen LogP contribution in [0.1, 0.15) is 39.2 Å². The van der Waals surface area contributed by atoms with Crippen LogP contribution in [-0.2, 0) is 24.3 Å². The first-order chi connectivity index (χ1) is 20.9. The Bertz CT molecular complexity index is 1910. The standard InChI is InChI=1S/C34H31N5O3S/c1-19-24(25-6-4-8-27(20(25)2)33-38-28-9-11-36-16-30(28)43-33)5-3-7-26(19)32-37-29-14-21(13-23(15-35)31(29)42-32)17-39-12-10-22(18-39)34(40)41/h3-8,13-14,22,36H,9-12,16-18H2,1-2H3,(H,40,41)/t22-/m1/s1. The van der Waals surface area contributed by atoms with E-state index < -0.39 is 5.97 Å². The van der Waals surface area contributed by atoms with Crippen molar-refractivity contribution in [3.63, 3.8) is 0 Å². The van der Waals surface area contributed by atoms with Gasteiger partial charge in [0.05, 0.1) is 17.2 Å². The molecule has 0 bridgehead atoms. The maximum Gasteiger partial charge on any atom is 0.307 e. The second-order valence-electron chi connectivity index (χ2n) is 11.5. The van der Waals surface area contributed by atoms with Gasteiger partial charge in [0.25, 0.3) is 0 Å². The number of hydrogen-bond acceptors (Lipinski definition) is 8. The number of nitrogens with zero attached hydrogens (tertiary/aromatic N) is 4. The molecule has 2 aliphatic rings. The van der Waals surface area contributed by atoms with Crippen molar-refractivity contribution in [3.05, 3.63) is 81.4 Å². The lowest BCUT2D eigenvalue weighted by Crippen LogP contribution is -2.22. The second kappa shape index (κ2) is 11.0. The number of fused-ring (bicyclic) bond motifs is 2. The number of aromatic nitrogens is 2. The van der Waals surface area contributed by atoms with E-state index in [1.54, 1.807) is 11.3 Å². The molecule has 216 valence electrons. The minimum absolute atomic E-state index is 0.346. The van der Waals surface area contributed by atoms with Crippen LogP contribution in [0.3, 0.4) is 0 Å². The second-order valence-corrected chi connectivity index (χ2v) is 12.5.